The van der Waals surface area contributed by atoms with Crippen LogP contribution in [0.4, 0.5) is 9.52 Å². The van der Waals surface area contributed by atoms with Gasteiger partial charge in [-0.1, -0.05) is 12.1 Å². The quantitative estimate of drug-likeness (QED) is 0.845. The van der Waals surface area contributed by atoms with E-state index in [9.17, 15) is 4.39 Å². The highest BCUT2D eigenvalue weighted by atomic mass is 32.1. The SMILES string of the molecule is Fc1cccc(CCNC(=S)Nc2nccs2)c1. The summed E-state index contributed by atoms with van der Waals surface area (Å²) in [6, 6.07) is 6.56. The van der Waals surface area contributed by atoms with Crippen molar-refractivity contribution >= 4 is 33.8 Å². The zero-order chi connectivity index (χ0) is 12.8. The fourth-order valence-corrected chi connectivity index (χ4v) is 2.24. The van der Waals surface area contributed by atoms with Crippen LogP contribution in [0.2, 0.25) is 0 Å². The van der Waals surface area contributed by atoms with Gasteiger partial charge in [-0.15, -0.1) is 11.3 Å². The molecule has 1 aromatic carbocycles. The van der Waals surface area contributed by atoms with Crippen LogP contribution in [0.15, 0.2) is 35.8 Å². The van der Waals surface area contributed by atoms with Crippen LogP contribution in [0.5, 0.6) is 0 Å². The first-order valence-electron chi connectivity index (χ1n) is 5.43. The number of aromatic nitrogens is 1. The largest absolute Gasteiger partial charge is 0.362 e. The zero-order valence-corrected chi connectivity index (χ0v) is 11.2. The van der Waals surface area contributed by atoms with Crippen molar-refractivity contribution in [2.24, 2.45) is 0 Å². The summed E-state index contributed by atoms with van der Waals surface area (Å²) in [5, 5.41) is 9.19. The Morgan fingerprint density at radius 1 is 1.44 bits per heavy atom. The van der Waals surface area contributed by atoms with E-state index < -0.39 is 0 Å². The Labute approximate surface area is 114 Å². The average molecular weight is 281 g/mol. The minimum Gasteiger partial charge on any atom is -0.362 e. The van der Waals surface area contributed by atoms with Crippen LogP contribution in [0.3, 0.4) is 0 Å². The van der Waals surface area contributed by atoms with Crippen LogP contribution >= 0.6 is 23.6 Å². The van der Waals surface area contributed by atoms with Gasteiger partial charge in [0, 0.05) is 18.1 Å². The molecule has 0 atom stereocenters. The summed E-state index contributed by atoms with van der Waals surface area (Å²) < 4.78 is 12.9. The highest BCUT2D eigenvalue weighted by molar-refractivity contribution is 7.80. The third-order valence-electron chi connectivity index (χ3n) is 2.24. The number of hydrogen-bond acceptors (Lipinski definition) is 3. The normalized spacial score (nSPS) is 10.1. The maximum atomic E-state index is 12.9. The Bertz CT molecular complexity index is 514. The van der Waals surface area contributed by atoms with Gasteiger partial charge in [0.25, 0.3) is 0 Å². The number of thiocarbonyl (C=S) groups is 1. The molecule has 2 rings (SSSR count). The molecule has 0 unspecified atom stereocenters. The Balaban J connectivity index is 1.73. The Kier molecular flexibility index (Phi) is 4.60. The van der Waals surface area contributed by atoms with Gasteiger partial charge in [-0.05, 0) is 36.3 Å². The second-order valence-corrected chi connectivity index (χ2v) is 4.90. The first-order valence-corrected chi connectivity index (χ1v) is 6.71. The fraction of sp³-hybridized carbons (Fsp3) is 0.167. The number of thiazole rings is 1. The summed E-state index contributed by atoms with van der Waals surface area (Å²) in [7, 11) is 0. The lowest BCUT2D eigenvalue weighted by atomic mass is 10.1. The molecule has 3 nitrogen and oxygen atoms in total. The van der Waals surface area contributed by atoms with Crippen LogP contribution in [-0.4, -0.2) is 16.6 Å². The van der Waals surface area contributed by atoms with Gasteiger partial charge in [0.1, 0.15) is 5.82 Å². The van der Waals surface area contributed by atoms with E-state index in [1.807, 2.05) is 11.4 Å². The zero-order valence-electron chi connectivity index (χ0n) is 9.52. The molecule has 0 bridgehead atoms. The molecular formula is C12H12FN3S2. The number of nitrogens with zero attached hydrogens (tertiary/aromatic N) is 1. The molecule has 1 heterocycles. The van der Waals surface area contributed by atoms with E-state index in [1.165, 1.54) is 23.5 Å². The standard InChI is InChI=1S/C12H12FN3S2/c13-10-3-1-2-9(8-10)4-5-14-11(17)16-12-15-6-7-18-12/h1-3,6-8H,4-5H2,(H2,14,15,16,17). The fourth-order valence-electron chi connectivity index (χ4n) is 1.44. The second kappa shape index (κ2) is 6.42. The van der Waals surface area contributed by atoms with E-state index in [4.69, 9.17) is 12.2 Å². The first kappa shape index (κ1) is 12.9. The van der Waals surface area contributed by atoms with Crippen molar-refractivity contribution in [3.05, 3.63) is 47.2 Å². The monoisotopic (exact) mass is 281 g/mol. The van der Waals surface area contributed by atoms with Gasteiger partial charge in [0.05, 0.1) is 0 Å². The summed E-state index contributed by atoms with van der Waals surface area (Å²) in [4.78, 5) is 4.06. The molecule has 1 aromatic heterocycles. The van der Waals surface area contributed by atoms with Crippen LogP contribution in [0.1, 0.15) is 5.56 Å². The van der Waals surface area contributed by atoms with E-state index in [0.29, 0.717) is 11.7 Å². The van der Waals surface area contributed by atoms with E-state index >= 15 is 0 Å². The first-order chi connectivity index (χ1) is 8.74. The molecule has 6 heteroatoms. The van der Waals surface area contributed by atoms with Crippen LogP contribution in [0.25, 0.3) is 0 Å². The summed E-state index contributed by atoms with van der Waals surface area (Å²) in [5.41, 5.74) is 0.944. The van der Waals surface area contributed by atoms with Gasteiger partial charge in [0.2, 0.25) is 0 Å². The molecule has 0 fully saturated rings. The molecule has 0 radical (unpaired) electrons. The summed E-state index contributed by atoms with van der Waals surface area (Å²) in [5.74, 6) is -0.212. The molecule has 0 spiro atoms. The molecule has 0 aliphatic heterocycles. The Morgan fingerprint density at radius 3 is 3.06 bits per heavy atom. The predicted octanol–water partition coefficient (Wildman–Crippen LogP) is 2.81. The van der Waals surface area contributed by atoms with Crippen LogP contribution in [0, 0.1) is 5.82 Å². The van der Waals surface area contributed by atoms with Crippen molar-refractivity contribution in [2.45, 2.75) is 6.42 Å². The smallest absolute Gasteiger partial charge is 0.188 e. The summed E-state index contributed by atoms with van der Waals surface area (Å²) >= 11 is 6.60. The average Bonchev–Trinajstić information content (AvgIpc) is 2.82. The molecule has 0 saturated heterocycles. The lowest BCUT2D eigenvalue weighted by Gasteiger charge is -2.08. The highest BCUT2D eigenvalue weighted by Crippen LogP contribution is 2.09. The van der Waals surface area contributed by atoms with Gasteiger partial charge >= 0.3 is 0 Å². The van der Waals surface area contributed by atoms with Crippen molar-refractivity contribution in [2.75, 3.05) is 11.9 Å². The van der Waals surface area contributed by atoms with Crippen molar-refractivity contribution in [1.29, 1.82) is 0 Å². The van der Waals surface area contributed by atoms with E-state index in [1.54, 1.807) is 12.3 Å². The molecular weight excluding hydrogens is 269 g/mol. The van der Waals surface area contributed by atoms with Gasteiger partial charge in [-0.25, -0.2) is 9.37 Å². The highest BCUT2D eigenvalue weighted by Gasteiger charge is 1.99. The van der Waals surface area contributed by atoms with E-state index in [-0.39, 0.29) is 5.82 Å². The van der Waals surface area contributed by atoms with Crippen LogP contribution in [-0.2, 0) is 6.42 Å². The van der Waals surface area contributed by atoms with Crippen molar-refractivity contribution in [3.8, 4) is 0 Å². The summed E-state index contributed by atoms with van der Waals surface area (Å²) in [6.45, 7) is 0.653. The van der Waals surface area contributed by atoms with E-state index in [2.05, 4.69) is 15.6 Å². The molecule has 0 aliphatic carbocycles. The minimum atomic E-state index is -0.212. The molecule has 2 N–H and O–H groups in total. The third kappa shape index (κ3) is 4.05. The topological polar surface area (TPSA) is 37.0 Å². The van der Waals surface area contributed by atoms with E-state index in [0.717, 1.165) is 17.1 Å². The molecule has 18 heavy (non-hydrogen) atoms. The van der Waals surface area contributed by atoms with Gasteiger partial charge in [-0.3, -0.25) is 0 Å². The van der Waals surface area contributed by atoms with Crippen molar-refractivity contribution in [1.82, 2.24) is 10.3 Å². The molecule has 0 amide bonds. The number of anilines is 1. The maximum absolute atomic E-state index is 12.9. The summed E-state index contributed by atoms with van der Waals surface area (Å²) in [6.07, 6.45) is 2.43. The Morgan fingerprint density at radius 2 is 2.33 bits per heavy atom. The molecule has 0 saturated carbocycles. The number of rotatable bonds is 4. The number of nitrogens with one attached hydrogen (secondary N) is 2. The van der Waals surface area contributed by atoms with Crippen molar-refractivity contribution < 1.29 is 4.39 Å². The number of halogens is 1. The Hall–Kier alpha value is -1.53. The van der Waals surface area contributed by atoms with Crippen molar-refractivity contribution in [3.63, 3.8) is 0 Å². The molecule has 94 valence electrons. The minimum absolute atomic E-state index is 0.212. The third-order valence-corrected chi connectivity index (χ3v) is 3.18. The number of hydrogen-bond donors (Lipinski definition) is 2. The van der Waals surface area contributed by atoms with Gasteiger partial charge < -0.3 is 10.6 Å². The lowest BCUT2D eigenvalue weighted by molar-refractivity contribution is 0.625. The van der Waals surface area contributed by atoms with Gasteiger partial charge in [-0.2, -0.15) is 0 Å². The number of benzene rings is 1. The molecule has 2 aromatic rings. The van der Waals surface area contributed by atoms with Crippen LogP contribution < -0.4 is 10.6 Å². The predicted molar refractivity (Wildman–Crippen MR) is 76.4 cm³/mol. The molecule has 0 aliphatic rings. The maximum Gasteiger partial charge on any atom is 0.188 e. The van der Waals surface area contributed by atoms with Gasteiger partial charge in [0.15, 0.2) is 10.2 Å². The lowest BCUT2D eigenvalue weighted by Crippen LogP contribution is -2.30. The second-order valence-electron chi connectivity index (χ2n) is 3.60.